The second-order valence-electron chi connectivity index (χ2n) is 6.03. The smallest absolute Gasteiger partial charge is 0.343 e. The molecular formula is C19H18N4O5. The van der Waals surface area contributed by atoms with Gasteiger partial charge < -0.3 is 19.0 Å². The monoisotopic (exact) mass is 382 g/mol. The SMILES string of the molecule is CCC(OC(=O)c1c(C)oc(-n2cccc2)c1C#N)C(=O)Nc1cc(C)on1. The molecule has 3 aromatic heterocycles. The number of ether oxygens (including phenoxy) is 1. The predicted molar refractivity (Wildman–Crippen MR) is 96.9 cm³/mol. The van der Waals surface area contributed by atoms with Gasteiger partial charge in [-0.1, -0.05) is 12.1 Å². The van der Waals surface area contributed by atoms with Crippen molar-refractivity contribution in [3.8, 4) is 12.0 Å². The molecule has 0 radical (unpaired) electrons. The molecule has 28 heavy (non-hydrogen) atoms. The molecule has 0 saturated heterocycles. The Morgan fingerprint density at radius 1 is 1.36 bits per heavy atom. The maximum absolute atomic E-state index is 12.7. The zero-order chi connectivity index (χ0) is 20.3. The summed E-state index contributed by atoms with van der Waals surface area (Å²) < 4.78 is 17.4. The first kappa shape index (κ1) is 19.0. The van der Waals surface area contributed by atoms with E-state index in [2.05, 4.69) is 10.5 Å². The van der Waals surface area contributed by atoms with E-state index >= 15 is 0 Å². The van der Waals surface area contributed by atoms with Gasteiger partial charge in [0.2, 0.25) is 5.88 Å². The summed E-state index contributed by atoms with van der Waals surface area (Å²) in [4.78, 5) is 25.1. The molecule has 0 aliphatic rings. The summed E-state index contributed by atoms with van der Waals surface area (Å²) in [6.45, 7) is 4.95. The number of nitrogens with one attached hydrogen (secondary N) is 1. The number of carbonyl (C=O) groups is 2. The highest BCUT2D eigenvalue weighted by atomic mass is 16.5. The summed E-state index contributed by atoms with van der Waals surface area (Å²) in [7, 11) is 0. The van der Waals surface area contributed by atoms with E-state index in [9.17, 15) is 14.9 Å². The lowest BCUT2D eigenvalue weighted by Gasteiger charge is -2.14. The van der Waals surface area contributed by atoms with Crippen LogP contribution in [0.5, 0.6) is 0 Å². The van der Waals surface area contributed by atoms with E-state index < -0.39 is 18.0 Å². The molecule has 3 rings (SSSR count). The van der Waals surface area contributed by atoms with Crippen LogP contribution in [-0.2, 0) is 9.53 Å². The molecule has 1 unspecified atom stereocenters. The highest BCUT2D eigenvalue weighted by Gasteiger charge is 2.29. The van der Waals surface area contributed by atoms with Gasteiger partial charge in [0.05, 0.1) is 0 Å². The molecule has 1 N–H and O–H groups in total. The fourth-order valence-corrected chi connectivity index (χ4v) is 2.67. The zero-order valence-electron chi connectivity index (χ0n) is 15.6. The topological polar surface area (TPSA) is 123 Å². The molecule has 3 heterocycles. The highest BCUT2D eigenvalue weighted by Crippen LogP contribution is 2.26. The van der Waals surface area contributed by atoms with E-state index in [4.69, 9.17) is 13.7 Å². The molecule has 0 saturated carbocycles. The largest absolute Gasteiger partial charge is 0.449 e. The number of hydrogen-bond donors (Lipinski definition) is 1. The van der Waals surface area contributed by atoms with E-state index in [1.54, 1.807) is 55.9 Å². The number of rotatable bonds is 6. The molecule has 1 atom stereocenters. The van der Waals surface area contributed by atoms with E-state index in [1.807, 2.05) is 6.07 Å². The van der Waals surface area contributed by atoms with Crippen LogP contribution in [-0.4, -0.2) is 27.7 Å². The number of anilines is 1. The first-order chi connectivity index (χ1) is 13.4. The van der Waals surface area contributed by atoms with Gasteiger partial charge >= 0.3 is 5.97 Å². The number of nitrogens with zero attached hydrogens (tertiary/aromatic N) is 3. The predicted octanol–water partition coefficient (Wildman–Crippen LogP) is 3.12. The van der Waals surface area contributed by atoms with Gasteiger partial charge in [-0.05, 0) is 32.4 Å². The van der Waals surface area contributed by atoms with Crippen molar-refractivity contribution in [3.63, 3.8) is 0 Å². The Labute approximate surface area is 160 Å². The number of hydrogen-bond acceptors (Lipinski definition) is 7. The molecule has 0 bridgehead atoms. The molecule has 3 aromatic rings. The van der Waals surface area contributed by atoms with Crippen molar-refractivity contribution < 1.29 is 23.3 Å². The third kappa shape index (κ3) is 3.66. The number of aryl methyl sites for hydroxylation is 2. The van der Waals surface area contributed by atoms with Crippen LogP contribution >= 0.6 is 0 Å². The third-order valence-corrected chi connectivity index (χ3v) is 4.01. The van der Waals surface area contributed by atoms with Crippen molar-refractivity contribution in [2.45, 2.75) is 33.3 Å². The van der Waals surface area contributed by atoms with Crippen molar-refractivity contribution in [1.82, 2.24) is 9.72 Å². The Balaban J connectivity index is 1.81. The quantitative estimate of drug-likeness (QED) is 0.650. The van der Waals surface area contributed by atoms with E-state index in [0.717, 1.165) is 0 Å². The van der Waals surface area contributed by atoms with Gasteiger partial charge in [-0.15, -0.1) is 0 Å². The number of amides is 1. The number of furan rings is 1. The molecular weight excluding hydrogens is 364 g/mol. The first-order valence-corrected chi connectivity index (χ1v) is 8.56. The second-order valence-corrected chi connectivity index (χ2v) is 6.03. The minimum absolute atomic E-state index is 0.00488. The second kappa shape index (κ2) is 7.84. The van der Waals surface area contributed by atoms with Crippen LogP contribution in [0.4, 0.5) is 5.82 Å². The van der Waals surface area contributed by atoms with Gasteiger partial charge in [0.15, 0.2) is 11.9 Å². The fraction of sp³-hybridized carbons (Fsp3) is 0.263. The lowest BCUT2D eigenvalue weighted by molar-refractivity contribution is -0.124. The Hall–Kier alpha value is -3.80. The lowest BCUT2D eigenvalue weighted by Crippen LogP contribution is -2.32. The number of aromatic nitrogens is 2. The summed E-state index contributed by atoms with van der Waals surface area (Å²) in [6, 6.07) is 7.05. The number of nitriles is 1. The summed E-state index contributed by atoms with van der Waals surface area (Å²) in [5.74, 6) is -0.154. The van der Waals surface area contributed by atoms with E-state index in [-0.39, 0.29) is 35.0 Å². The van der Waals surface area contributed by atoms with Crippen molar-refractivity contribution in [2.75, 3.05) is 5.32 Å². The Kier molecular flexibility index (Phi) is 5.31. The Morgan fingerprint density at radius 2 is 2.07 bits per heavy atom. The molecule has 0 aliphatic carbocycles. The highest BCUT2D eigenvalue weighted by molar-refractivity contribution is 5.99. The van der Waals surface area contributed by atoms with E-state index in [1.165, 1.54) is 0 Å². The molecule has 9 heteroatoms. The molecule has 1 amide bonds. The Morgan fingerprint density at radius 3 is 2.64 bits per heavy atom. The molecule has 0 spiro atoms. The zero-order valence-corrected chi connectivity index (χ0v) is 15.6. The normalized spacial score (nSPS) is 11.6. The lowest BCUT2D eigenvalue weighted by atomic mass is 10.1. The van der Waals surface area contributed by atoms with Crippen molar-refractivity contribution >= 4 is 17.7 Å². The van der Waals surface area contributed by atoms with Gasteiger partial charge in [0.1, 0.15) is 28.7 Å². The first-order valence-electron chi connectivity index (χ1n) is 8.56. The summed E-state index contributed by atoms with van der Waals surface area (Å²) in [6.07, 6.45) is 2.55. The minimum atomic E-state index is -1.07. The fourth-order valence-electron chi connectivity index (χ4n) is 2.67. The van der Waals surface area contributed by atoms with Crippen LogP contribution < -0.4 is 5.32 Å². The van der Waals surface area contributed by atoms with Crippen LogP contribution in [0.25, 0.3) is 5.88 Å². The number of carbonyl (C=O) groups excluding carboxylic acids is 2. The molecule has 0 aromatic carbocycles. The number of esters is 1. The van der Waals surface area contributed by atoms with Gasteiger partial charge in [-0.2, -0.15) is 5.26 Å². The molecule has 144 valence electrons. The summed E-state index contributed by atoms with van der Waals surface area (Å²) in [5, 5.41) is 15.7. The van der Waals surface area contributed by atoms with Crippen LogP contribution in [0.2, 0.25) is 0 Å². The van der Waals surface area contributed by atoms with Crippen LogP contribution in [0.1, 0.15) is 40.8 Å². The van der Waals surface area contributed by atoms with Crippen molar-refractivity contribution in [2.24, 2.45) is 0 Å². The Bertz CT molecular complexity index is 1040. The maximum atomic E-state index is 12.7. The average Bonchev–Trinajstić information content (AvgIpc) is 3.39. The van der Waals surface area contributed by atoms with E-state index in [0.29, 0.717) is 5.76 Å². The van der Waals surface area contributed by atoms with Gasteiger partial charge in [0, 0.05) is 18.5 Å². The van der Waals surface area contributed by atoms with Gasteiger partial charge in [0.25, 0.3) is 5.91 Å². The summed E-state index contributed by atoms with van der Waals surface area (Å²) in [5.41, 5.74) is 0.0378. The van der Waals surface area contributed by atoms with Gasteiger partial charge in [-0.25, -0.2) is 4.79 Å². The van der Waals surface area contributed by atoms with Crippen LogP contribution in [0, 0.1) is 25.2 Å². The minimum Gasteiger partial charge on any atom is -0.449 e. The third-order valence-electron chi connectivity index (χ3n) is 4.01. The average molecular weight is 382 g/mol. The van der Waals surface area contributed by atoms with Crippen molar-refractivity contribution in [3.05, 3.63) is 53.2 Å². The summed E-state index contributed by atoms with van der Waals surface area (Å²) >= 11 is 0. The van der Waals surface area contributed by atoms with Crippen LogP contribution in [0.15, 0.2) is 39.5 Å². The van der Waals surface area contributed by atoms with Gasteiger partial charge in [-0.3, -0.25) is 9.36 Å². The molecule has 0 aliphatic heterocycles. The van der Waals surface area contributed by atoms with Crippen molar-refractivity contribution in [1.29, 1.82) is 5.26 Å². The molecule has 0 fully saturated rings. The standard InChI is InChI=1S/C19H18N4O5/c1-4-14(17(24)21-15-9-11(2)28-22-15)27-19(25)16-12(3)26-18(13(16)10-20)23-7-5-6-8-23/h5-9,14H,4H2,1-3H3,(H,21,22,24). The molecule has 9 nitrogen and oxygen atoms in total. The maximum Gasteiger partial charge on any atom is 0.343 e. The van der Waals surface area contributed by atoms with Crippen LogP contribution in [0.3, 0.4) is 0 Å².